The number of nitrogens with zero attached hydrogens (tertiary/aromatic N) is 1. The van der Waals surface area contributed by atoms with Crippen LogP contribution in [-0.2, 0) is 10.0 Å². The number of anilines is 1. The van der Waals surface area contributed by atoms with E-state index in [4.69, 9.17) is 17.3 Å². The summed E-state index contributed by atoms with van der Waals surface area (Å²) in [5.74, 6) is 0. The Morgan fingerprint density at radius 3 is 2.57 bits per heavy atom. The zero-order valence-electron chi connectivity index (χ0n) is 11.5. The van der Waals surface area contributed by atoms with Crippen molar-refractivity contribution in [3.05, 3.63) is 21.6 Å². The van der Waals surface area contributed by atoms with Gasteiger partial charge in [0, 0.05) is 37.9 Å². The van der Waals surface area contributed by atoms with Crippen LogP contribution in [0.5, 0.6) is 0 Å². The fraction of sp³-hybridized carbons (Fsp3) is 0.364. The number of carbonyl (C=O) groups excluding carboxylic acids is 1. The van der Waals surface area contributed by atoms with E-state index in [0.717, 1.165) is 0 Å². The van der Waals surface area contributed by atoms with Crippen LogP contribution in [0.1, 0.15) is 0 Å². The van der Waals surface area contributed by atoms with Gasteiger partial charge in [-0.25, -0.2) is 17.9 Å². The van der Waals surface area contributed by atoms with Gasteiger partial charge >= 0.3 is 6.03 Å². The highest BCUT2D eigenvalue weighted by Gasteiger charge is 2.19. The molecule has 0 fully saturated rings. The Morgan fingerprint density at radius 2 is 2.00 bits per heavy atom. The van der Waals surface area contributed by atoms with Crippen molar-refractivity contribution in [2.24, 2.45) is 0 Å². The molecular formula is C11H16BrClN4O3S. The second kappa shape index (κ2) is 7.30. The topological polar surface area (TPSA) is 105 Å². The average Bonchev–Trinajstić information content (AvgIpc) is 2.38. The molecule has 0 atom stereocenters. The van der Waals surface area contributed by atoms with E-state index in [2.05, 4.69) is 26.0 Å². The number of amides is 2. The van der Waals surface area contributed by atoms with Crippen molar-refractivity contribution in [2.45, 2.75) is 4.90 Å². The summed E-state index contributed by atoms with van der Waals surface area (Å²) in [5, 5.41) is 2.76. The summed E-state index contributed by atoms with van der Waals surface area (Å²) in [7, 11) is -0.603. The second-order valence-electron chi connectivity index (χ2n) is 4.33. The molecule has 7 nitrogen and oxygen atoms in total. The molecule has 0 aromatic heterocycles. The molecule has 4 N–H and O–H groups in total. The Kier molecular flexibility index (Phi) is 6.26. The van der Waals surface area contributed by atoms with Crippen LogP contribution in [0.3, 0.4) is 0 Å². The Bertz CT molecular complexity index is 637. The summed E-state index contributed by atoms with van der Waals surface area (Å²) in [5.41, 5.74) is 5.89. The lowest BCUT2D eigenvalue weighted by atomic mass is 10.3. The first-order valence-electron chi connectivity index (χ1n) is 5.84. The molecule has 0 aliphatic carbocycles. The number of urea groups is 1. The number of sulfonamides is 1. The molecule has 0 spiro atoms. The third-order valence-electron chi connectivity index (χ3n) is 2.42. The maximum atomic E-state index is 12.2. The highest BCUT2D eigenvalue weighted by atomic mass is 79.9. The molecule has 0 aliphatic heterocycles. The van der Waals surface area contributed by atoms with Crippen molar-refractivity contribution in [3.63, 3.8) is 0 Å². The number of benzene rings is 1. The summed E-state index contributed by atoms with van der Waals surface area (Å²) < 4.78 is 26.9. The Morgan fingerprint density at radius 1 is 1.38 bits per heavy atom. The molecule has 0 radical (unpaired) electrons. The minimum absolute atomic E-state index is 0.0424. The Balaban J connectivity index is 2.73. The molecule has 1 aromatic rings. The molecule has 1 aromatic carbocycles. The van der Waals surface area contributed by atoms with Crippen LogP contribution in [0.15, 0.2) is 21.5 Å². The van der Waals surface area contributed by atoms with E-state index in [9.17, 15) is 13.2 Å². The maximum absolute atomic E-state index is 12.2. The minimum Gasteiger partial charge on any atom is -0.398 e. The molecule has 0 bridgehead atoms. The fourth-order valence-electron chi connectivity index (χ4n) is 1.37. The van der Waals surface area contributed by atoms with Gasteiger partial charge in [-0.05, 0) is 28.1 Å². The van der Waals surface area contributed by atoms with Gasteiger partial charge < -0.3 is 16.0 Å². The Labute approximate surface area is 137 Å². The van der Waals surface area contributed by atoms with Crippen molar-refractivity contribution >= 4 is 49.3 Å². The van der Waals surface area contributed by atoms with E-state index < -0.39 is 10.0 Å². The third-order valence-corrected chi connectivity index (χ3v) is 5.27. The number of nitrogens with one attached hydrogen (secondary N) is 2. The summed E-state index contributed by atoms with van der Waals surface area (Å²) in [4.78, 5) is 12.6. The molecule has 0 saturated carbocycles. The summed E-state index contributed by atoms with van der Waals surface area (Å²) in [6.45, 7) is 0.199. The first kappa shape index (κ1) is 18.0. The van der Waals surface area contributed by atoms with Gasteiger partial charge in [-0.2, -0.15) is 0 Å². The first-order valence-corrected chi connectivity index (χ1v) is 8.50. The largest absolute Gasteiger partial charge is 0.398 e. The van der Waals surface area contributed by atoms with Crippen LogP contribution in [0, 0.1) is 0 Å². The molecule has 0 saturated heterocycles. The fourth-order valence-corrected chi connectivity index (χ4v) is 3.69. The van der Waals surface area contributed by atoms with Gasteiger partial charge in [-0.15, -0.1) is 0 Å². The zero-order valence-corrected chi connectivity index (χ0v) is 14.6. The van der Waals surface area contributed by atoms with E-state index in [1.165, 1.54) is 17.0 Å². The van der Waals surface area contributed by atoms with E-state index in [1.807, 2.05) is 0 Å². The van der Waals surface area contributed by atoms with E-state index in [1.54, 1.807) is 14.1 Å². The van der Waals surface area contributed by atoms with Crippen LogP contribution in [-0.4, -0.2) is 46.5 Å². The second-order valence-corrected chi connectivity index (χ2v) is 7.30. The number of nitrogen functional groups attached to an aromatic ring is 1. The van der Waals surface area contributed by atoms with Gasteiger partial charge in [0.1, 0.15) is 0 Å². The average molecular weight is 400 g/mol. The molecular weight excluding hydrogens is 384 g/mol. The number of carbonyl (C=O) groups is 1. The predicted molar refractivity (Wildman–Crippen MR) is 85.8 cm³/mol. The highest BCUT2D eigenvalue weighted by molar-refractivity contribution is 9.10. The van der Waals surface area contributed by atoms with Gasteiger partial charge in [-0.3, -0.25) is 0 Å². The normalized spacial score (nSPS) is 11.2. The summed E-state index contributed by atoms with van der Waals surface area (Å²) >= 11 is 8.93. The number of rotatable bonds is 5. The molecule has 118 valence electrons. The van der Waals surface area contributed by atoms with Crippen molar-refractivity contribution in [2.75, 3.05) is 32.9 Å². The lowest BCUT2D eigenvalue weighted by molar-refractivity contribution is 0.217. The van der Waals surface area contributed by atoms with E-state index in [0.29, 0.717) is 0 Å². The smallest absolute Gasteiger partial charge is 0.316 e. The molecule has 2 amide bonds. The first-order chi connectivity index (χ1) is 9.65. The van der Waals surface area contributed by atoms with Crippen LogP contribution < -0.4 is 15.8 Å². The summed E-state index contributed by atoms with van der Waals surface area (Å²) in [6.07, 6.45) is 0. The number of nitrogens with two attached hydrogens (primary N) is 1. The van der Waals surface area contributed by atoms with E-state index in [-0.39, 0.29) is 39.2 Å². The van der Waals surface area contributed by atoms with Crippen molar-refractivity contribution in [1.29, 1.82) is 0 Å². The van der Waals surface area contributed by atoms with Gasteiger partial charge in [0.25, 0.3) is 0 Å². The van der Waals surface area contributed by atoms with Crippen molar-refractivity contribution in [3.8, 4) is 0 Å². The van der Waals surface area contributed by atoms with Gasteiger partial charge in [0.05, 0.1) is 9.37 Å². The Hall–Kier alpha value is -1.03. The van der Waals surface area contributed by atoms with Crippen LogP contribution in [0.4, 0.5) is 10.5 Å². The number of hydrogen-bond acceptors (Lipinski definition) is 4. The SMILES string of the molecule is CN(C)C(=O)NCCNS(=O)(=O)c1cc(Cl)cc(N)c1Br. The van der Waals surface area contributed by atoms with E-state index >= 15 is 0 Å². The molecule has 0 unspecified atom stereocenters. The number of halogens is 2. The van der Waals surface area contributed by atoms with Gasteiger partial charge in [-0.1, -0.05) is 11.6 Å². The van der Waals surface area contributed by atoms with Gasteiger partial charge in [0.15, 0.2) is 0 Å². The minimum atomic E-state index is -3.78. The molecule has 0 heterocycles. The third kappa shape index (κ3) is 5.03. The molecule has 1 rings (SSSR count). The van der Waals surface area contributed by atoms with Gasteiger partial charge in [0.2, 0.25) is 10.0 Å². The molecule has 21 heavy (non-hydrogen) atoms. The lowest BCUT2D eigenvalue weighted by Gasteiger charge is -2.13. The lowest BCUT2D eigenvalue weighted by Crippen LogP contribution is -2.39. The summed E-state index contributed by atoms with van der Waals surface area (Å²) in [6, 6.07) is 2.44. The quantitative estimate of drug-likeness (QED) is 0.511. The zero-order chi connectivity index (χ0) is 16.2. The van der Waals surface area contributed by atoms with Crippen LogP contribution >= 0.6 is 27.5 Å². The maximum Gasteiger partial charge on any atom is 0.316 e. The van der Waals surface area contributed by atoms with Crippen molar-refractivity contribution in [1.82, 2.24) is 14.9 Å². The predicted octanol–water partition coefficient (Wildman–Crippen LogP) is 1.23. The van der Waals surface area contributed by atoms with Crippen LogP contribution in [0.2, 0.25) is 5.02 Å². The van der Waals surface area contributed by atoms with Crippen molar-refractivity contribution < 1.29 is 13.2 Å². The van der Waals surface area contributed by atoms with Crippen LogP contribution in [0.25, 0.3) is 0 Å². The highest BCUT2D eigenvalue weighted by Crippen LogP contribution is 2.31. The number of hydrogen-bond donors (Lipinski definition) is 3. The molecule has 0 aliphatic rings. The monoisotopic (exact) mass is 398 g/mol. The molecule has 10 heteroatoms. The standard InChI is InChI=1S/C11H16BrClN4O3S/c1-17(2)11(18)15-3-4-16-21(19,20)9-6-7(13)5-8(14)10(9)12/h5-6,16H,3-4,14H2,1-2H3,(H,15,18).